The van der Waals surface area contributed by atoms with Crippen molar-refractivity contribution in [1.82, 2.24) is 15.8 Å². The number of carbonyl (C=O) groups is 2. The quantitative estimate of drug-likeness (QED) is 0.547. The van der Waals surface area contributed by atoms with E-state index in [-0.39, 0.29) is 36.6 Å². The summed E-state index contributed by atoms with van der Waals surface area (Å²) in [5.41, 5.74) is 1.16. The summed E-state index contributed by atoms with van der Waals surface area (Å²) in [5.74, 6) is 0.848. The Morgan fingerprint density at radius 3 is 2.59 bits per heavy atom. The van der Waals surface area contributed by atoms with E-state index in [0.29, 0.717) is 36.5 Å². The number of nitrogens with zero attached hydrogens (tertiary/aromatic N) is 1. The SMILES string of the molecule is Cc1noc(C)c1NC(=O)N[C@@H]1CC[C@H](CCNC(=O)C2CCCC2)O[C@@H]1CO. The summed E-state index contributed by atoms with van der Waals surface area (Å²) in [6.45, 7) is 3.87. The molecule has 1 aromatic heterocycles. The summed E-state index contributed by atoms with van der Waals surface area (Å²) in [4.78, 5) is 24.4. The molecular formula is C20H32N4O5. The highest BCUT2D eigenvalue weighted by Gasteiger charge is 2.32. The van der Waals surface area contributed by atoms with Crippen molar-refractivity contribution < 1.29 is 24.0 Å². The van der Waals surface area contributed by atoms with Crippen LogP contribution in [0.5, 0.6) is 0 Å². The predicted octanol–water partition coefficient (Wildman–Crippen LogP) is 2.02. The first kappa shape index (κ1) is 21.6. The minimum absolute atomic E-state index is 0.0419. The summed E-state index contributed by atoms with van der Waals surface area (Å²) in [6.07, 6.45) is 5.89. The molecule has 0 radical (unpaired) electrons. The zero-order chi connectivity index (χ0) is 20.8. The Morgan fingerprint density at radius 2 is 1.93 bits per heavy atom. The molecule has 3 rings (SSSR count). The highest BCUT2D eigenvalue weighted by molar-refractivity contribution is 5.90. The second kappa shape index (κ2) is 10.1. The van der Waals surface area contributed by atoms with E-state index in [1.807, 2.05) is 0 Å². The molecule has 0 spiro atoms. The summed E-state index contributed by atoms with van der Waals surface area (Å²) < 4.78 is 11.0. The standard InChI is InChI=1S/C20H32N4O5/c1-12-18(13(2)29-24-12)23-20(27)22-16-8-7-15(28-17(16)11-25)9-10-21-19(26)14-5-3-4-6-14/h14-17,25H,3-11H2,1-2H3,(H,21,26)(H2,22,23,27)/t15-,16-,17-/m1/s1. The lowest BCUT2D eigenvalue weighted by molar-refractivity contribution is -0.125. The summed E-state index contributed by atoms with van der Waals surface area (Å²) in [7, 11) is 0. The average molecular weight is 408 g/mol. The van der Waals surface area contributed by atoms with E-state index in [9.17, 15) is 14.7 Å². The van der Waals surface area contributed by atoms with Crippen LogP contribution in [0.1, 0.15) is 56.4 Å². The molecule has 2 heterocycles. The molecule has 0 bridgehead atoms. The Labute approximate surface area is 170 Å². The van der Waals surface area contributed by atoms with Gasteiger partial charge in [-0.3, -0.25) is 4.79 Å². The van der Waals surface area contributed by atoms with E-state index in [1.165, 1.54) is 0 Å². The highest BCUT2D eigenvalue weighted by atomic mass is 16.5. The van der Waals surface area contributed by atoms with Gasteiger partial charge in [-0.15, -0.1) is 0 Å². The van der Waals surface area contributed by atoms with Crippen molar-refractivity contribution in [2.75, 3.05) is 18.5 Å². The van der Waals surface area contributed by atoms with Crippen LogP contribution in [0.4, 0.5) is 10.5 Å². The number of hydrogen-bond acceptors (Lipinski definition) is 6. The van der Waals surface area contributed by atoms with Gasteiger partial charge in [0.15, 0.2) is 5.76 Å². The molecule has 2 aliphatic rings. The first-order valence-electron chi connectivity index (χ1n) is 10.5. The first-order chi connectivity index (χ1) is 14.0. The Kier molecular flexibility index (Phi) is 7.49. The smallest absolute Gasteiger partial charge is 0.319 e. The monoisotopic (exact) mass is 408 g/mol. The summed E-state index contributed by atoms with van der Waals surface area (Å²) in [5, 5.41) is 22.1. The molecule has 1 aromatic rings. The number of aryl methyl sites for hydroxylation is 2. The molecule has 162 valence electrons. The zero-order valence-electron chi connectivity index (χ0n) is 17.2. The Hall–Kier alpha value is -2.13. The van der Waals surface area contributed by atoms with Crippen LogP contribution in [0.3, 0.4) is 0 Å². The van der Waals surface area contributed by atoms with Gasteiger partial charge in [0.25, 0.3) is 0 Å². The van der Waals surface area contributed by atoms with Gasteiger partial charge in [-0.25, -0.2) is 4.79 Å². The molecule has 2 fully saturated rings. The number of amides is 3. The van der Waals surface area contributed by atoms with Crippen molar-refractivity contribution in [3.8, 4) is 0 Å². The maximum atomic E-state index is 12.3. The van der Waals surface area contributed by atoms with E-state index in [0.717, 1.165) is 32.1 Å². The number of aliphatic hydroxyl groups is 1. The third-order valence-electron chi connectivity index (χ3n) is 5.88. The molecule has 3 atom stereocenters. The van der Waals surface area contributed by atoms with Gasteiger partial charge in [0.1, 0.15) is 17.5 Å². The number of hydrogen-bond donors (Lipinski definition) is 4. The normalized spacial score (nSPS) is 25.0. The van der Waals surface area contributed by atoms with Gasteiger partial charge >= 0.3 is 6.03 Å². The number of anilines is 1. The van der Waals surface area contributed by atoms with E-state index < -0.39 is 6.10 Å². The lowest BCUT2D eigenvalue weighted by Gasteiger charge is -2.36. The molecule has 0 aromatic carbocycles. The molecule has 1 aliphatic heterocycles. The number of urea groups is 1. The molecule has 1 saturated carbocycles. The molecule has 4 N–H and O–H groups in total. The number of aromatic nitrogens is 1. The summed E-state index contributed by atoms with van der Waals surface area (Å²) >= 11 is 0. The van der Waals surface area contributed by atoms with Crippen molar-refractivity contribution >= 4 is 17.6 Å². The van der Waals surface area contributed by atoms with Crippen LogP contribution in [0.25, 0.3) is 0 Å². The van der Waals surface area contributed by atoms with Crippen LogP contribution >= 0.6 is 0 Å². The van der Waals surface area contributed by atoms with Gasteiger partial charge in [-0.1, -0.05) is 18.0 Å². The third kappa shape index (κ3) is 5.70. The summed E-state index contributed by atoms with van der Waals surface area (Å²) in [6, 6.07) is -0.668. The van der Waals surface area contributed by atoms with Crippen molar-refractivity contribution in [2.45, 2.75) is 77.0 Å². The molecule has 9 nitrogen and oxygen atoms in total. The van der Waals surface area contributed by atoms with Gasteiger partial charge in [0, 0.05) is 12.5 Å². The molecule has 1 aliphatic carbocycles. The lowest BCUT2D eigenvalue weighted by Crippen LogP contribution is -2.52. The topological polar surface area (TPSA) is 126 Å². The number of carbonyl (C=O) groups excluding carboxylic acids is 2. The first-order valence-corrected chi connectivity index (χ1v) is 10.5. The molecule has 3 amide bonds. The molecular weight excluding hydrogens is 376 g/mol. The van der Waals surface area contributed by atoms with Crippen LogP contribution in [-0.4, -0.2) is 53.6 Å². The van der Waals surface area contributed by atoms with Gasteiger partial charge in [-0.05, 0) is 46.0 Å². The van der Waals surface area contributed by atoms with Gasteiger partial charge in [0.2, 0.25) is 5.91 Å². The fraction of sp³-hybridized carbons (Fsp3) is 0.750. The van der Waals surface area contributed by atoms with E-state index >= 15 is 0 Å². The van der Waals surface area contributed by atoms with Gasteiger partial charge in [0.05, 0.1) is 18.8 Å². The molecule has 29 heavy (non-hydrogen) atoms. The third-order valence-corrected chi connectivity index (χ3v) is 5.88. The van der Waals surface area contributed by atoms with E-state index in [4.69, 9.17) is 9.26 Å². The minimum Gasteiger partial charge on any atom is -0.394 e. The van der Waals surface area contributed by atoms with Crippen molar-refractivity contribution in [1.29, 1.82) is 0 Å². The van der Waals surface area contributed by atoms with E-state index in [2.05, 4.69) is 21.1 Å². The van der Waals surface area contributed by atoms with Crippen LogP contribution in [0.2, 0.25) is 0 Å². The van der Waals surface area contributed by atoms with Crippen LogP contribution in [-0.2, 0) is 9.53 Å². The van der Waals surface area contributed by atoms with Crippen LogP contribution < -0.4 is 16.0 Å². The molecule has 0 unspecified atom stereocenters. The predicted molar refractivity (Wildman–Crippen MR) is 106 cm³/mol. The van der Waals surface area contributed by atoms with E-state index in [1.54, 1.807) is 13.8 Å². The van der Waals surface area contributed by atoms with Crippen LogP contribution in [0.15, 0.2) is 4.52 Å². The minimum atomic E-state index is -0.477. The Bertz CT molecular complexity index is 682. The molecule has 9 heteroatoms. The Balaban J connectivity index is 1.41. The van der Waals surface area contributed by atoms with Crippen molar-refractivity contribution in [3.05, 3.63) is 11.5 Å². The van der Waals surface area contributed by atoms with Gasteiger partial charge in [-0.2, -0.15) is 0 Å². The van der Waals surface area contributed by atoms with Crippen molar-refractivity contribution in [3.63, 3.8) is 0 Å². The fourth-order valence-corrected chi connectivity index (χ4v) is 4.18. The highest BCUT2D eigenvalue weighted by Crippen LogP contribution is 2.25. The van der Waals surface area contributed by atoms with Crippen LogP contribution in [0, 0.1) is 19.8 Å². The number of nitrogens with one attached hydrogen (secondary N) is 3. The number of aliphatic hydroxyl groups excluding tert-OH is 1. The zero-order valence-corrected chi connectivity index (χ0v) is 17.2. The Morgan fingerprint density at radius 1 is 1.17 bits per heavy atom. The van der Waals surface area contributed by atoms with Gasteiger partial charge < -0.3 is 30.3 Å². The maximum Gasteiger partial charge on any atom is 0.319 e. The largest absolute Gasteiger partial charge is 0.394 e. The van der Waals surface area contributed by atoms with Crippen molar-refractivity contribution in [2.24, 2.45) is 5.92 Å². The average Bonchev–Trinajstić information content (AvgIpc) is 3.35. The maximum absolute atomic E-state index is 12.3. The number of rotatable bonds is 7. The second-order valence-corrected chi connectivity index (χ2v) is 8.02. The second-order valence-electron chi connectivity index (χ2n) is 8.02. The lowest BCUT2D eigenvalue weighted by atomic mass is 9.97. The molecule has 1 saturated heterocycles. The fourth-order valence-electron chi connectivity index (χ4n) is 4.18. The number of ether oxygens (including phenoxy) is 1.